The quantitative estimate of drug-likeness (QED) is 0.638. The van der Waals surface area contributed by atoms with Crippen LogP contribution in [-0.4, -0.2) is 0 Å². The van der Waals surface area contributed by atoms with Gasteiger partial charge in [-0.05, 0) is 18.1 Å². The molecule has 1 atom stereocenters. The Morgan fingerprint density at radius 1 is 1.38 bits per heavy atom. The predicted octanol–water partition coefficient (Wildman–Crippen LogP) is 3.02. The highest BCUT2D eigenvalue weighted by molar-refractivity contribution is 5.25. The molecule has 0 amide bonds. The molecule has 1 aromatic rings. The largest absolute Gasteiger partial charge is 0.198 e. The van der Waals surface area contributed by atoms with Crippen LogP contribution in [0.4, 0.5) is 0 Å². The molecule has 1 heteroatoms. The van der Waals surface area contributed by atoms with Crippen molar-refractivity contribution in [2.45, 2.75) is 12.3 Å². The van der Waals surface area contributed by atoms with Crippen molar-refractivity contribution in [2.24, 2.45) is 0 Å². The fourth-order valence-corrected chi connectivity index (χ4v) is 1.15. The van der Waals surface area contributed by atoms with Crippen molar-refractivity contribution in [3.8, 4) is 6.07 Å². The van der Waals surface area contributed by atoms with Gasteiger partial charge in [-0.1, -0.05) is 36.9 Å². The summed E-state index contributed by atoms with van der Waals surface area (Å²) < 4.78 is 0. The van der Waals surface area contributed by atoms with Crippen LogP contribution < -0.4 is 0 Å². The van der Waals surface area contributed by atoms with Crippen LogP contribution >= 0.6 is 0 Å². The highest BCUT2D eigenvalue weighted by Crippen LogP contribution is 2.18. The van der Waals surface area contributed by atoms with Gasteiger partial charge in [0.2, 0.25) is 0 Å². The van der Waals surface area contributed by atoms with E-state index in [-0.39, 0.29) is 5.92 Å². The summed E-state index contributed by atoms with van der Waals surface area (Å²) in [5.74, 6) is -0.0737. The lowest BCUT2D eigenvalue weighted by molar-refractivity contribution is 0.878. The van der Waals surface area contributed by atoms with E-state index in [2.05, 4.69) is 18.4 Å². The number of allylic oxidation sites excluding steroid dienone is 1. The molecule has 0 radical (unpaired) electrons. The lowest BCUT2D eigenvalue weighted by atomic mass is 9.97. The summed E-state index contributed by atoms with van der Waals surface area (Å²) in [5, 5.41) is 8.89. The highest BCUT2D eigenvalue weighted by Gasteiger charge is 2.06. The average molecular weight is 169 g/mol. The van der Waals surface area contributed by atoms with Crippen LogP contribution in [-0.2, 0) is 0 Å². The average Bonchev–Trinajstić information content (AvgIpc) is 2.21. The smallest absolute Gasteiger partial charge is 0.0753 e. The van der Waals surface area contributed by atoms with E-state index in [1.54, 1.807) is 6.08 Å². The molecule has 0 N–H and O–H groups in total. The maximum absolute atomic E-state index is 8.89. The minimum absolute atomic E-state index is 0.0737. The fourth-order valence-electron chi connectivity index (χ4n) is 1.15. The number of hydrogen-bond donors (Lipinski definition) is 0. The van der Waals surface area contributed by atoms with Gasteiger partial charge in [0.25, 0.3) is 0 Å². The van der Waals surface area contributed by atoms with E-state index >= 15 is 0 Å². The summed E-state index contributed by atoms with van der Waals surface area (Å²) in [6.45, 7) is 3.47. The number of rotatable bonds is 3. The summed E-state index contributed by atoms with van der Waals surface area (Å²) >= 11 is 0. The first-order valence-corrected chi connectivity index (χ1v) is 4.17. The van der Waals surface area contributed by atoms with Crippen LogP contribution in [0.15, 0.2) is 48.7 Å². The first kappa shape index (κ1) is 9.32. The molecule has 0 aliphatic heterocycles. The number of hydrogen-bond acceptors (Lipinski definition) is 1. The van der Waals surface area contributed by atoms with Gasteiger partial charge in [-0.15, -0.1) is 5.73 Å². The van der Waals surface area contributed by atoms with Gasteiger partial charge in [-0.3, -0.25) is 0 Å². The minimum atomic E-state index is -0.0737. The van der Waals surface area contributed by atoms with Gasteiger partial charge in [-0.25, -0.2) is 0 Å². The summed E-state index contributed by atoms with van der Waals surface area (Å²) in [6.07, 6.45) is 2.48. The van der Waals surface area contributed by atoms with Gasteiger partial charge in [0, 0.05) is 0 Å². The molecule has 1 aromatic carbocycles. The Bertz CT molecular complexity index is 339. The molecular weight excluding hydrogens is 158 g/mol. The highest BCUT2D eigenvalue weighted by atomic mass is 14.3. The summed E-state index contributed by atoms with van der Waals surface area (Å²) in [4.78, 5) is 0. The third-order valence-electron chi connectivity index (χ3n) is 1.86. The zero-order valence-electron chi connectivity index (χ0n) is 7.40. The van der Waals surface area contributed by atoms with E-state index < -0.39 is 0 Å². The summed E-state index contributed by atoms with van der Waals surface area (Å²) in [6, 6.07) is 12.0. The lowest BCUT2D eigenvalue weighted by Crippen LogP contribution is -1.92. The number of nitrogens with zero attached hydrogens (tertiary/aromatic N) is 1. The van der Waals surface area contributed by atoms with E-state index in [1.165, 1.54) is 0 Å². The van der Waals surface area contributed by atoms with Crippen molar-refractivity contribution in [3.63, 3.8) is 0 Å². The second kappa shape index (κ2) is 4.98. The SMILES string of the molecule is C=C=CCC(C#N)c1ccccc1. The standard InChI is InChI=1S/C12H11N/c1-2-3-7-12(10-13)11-8-5-4-6-9-11/h3-6,8-9,12H,1,7H2. The Morgan fingerprint density at radius 2 is 2.08 bits per heavy atom. The minimum Gasteiger partial charge on any atom is -0.198 e. The van der Waals surface area contributed by atoms with Gasteiger partial charge in [-0.2, -0.15) is 5.26 Å². The van der Waals surface area contributed by atoms with Crippen LogP contribution in [0.5, 0.6) is 0 Å². The third-order valence-corrected chi connectivity index (χ3v) is 1.86. The second-order valence-corrected chi connectivity index (χ2v) is 2.74. The Kier molecular flexibility index (Phi) is 3.57. The Hall–Kier alpha value is -1.77. The van der Waals surface area contributed by atoms with Crippen molar-refractivity contribution in [1.29, 1.82) is 5.26 Å². The number of benzene rings is 1. The van der Waals surface area contributed by atoms with Crippen LogP contribution in [0.3, 0.4) is 0 Å². The van der Waals surface area contributed by atoms with Crippen LogP contribution in [0.1, 0.15) is 17.9 Å². The second-order valence-electron chi connectivity index (χ2n) is 2.74. The molecule has 0 aliphatic rings. The van der Waals surface area contributed by atoms with E-state index in [9.17, 15) is 0 Å². The first-order valence-electron chi connectivity index (χ1n) is 4.17. The fraction of sp³-hybridized carbons (Fsp3) is 0.167. The molecule has 0 spiro atoms. The molecule has 0 saturated carbocycles. The molecule has 0 saturated heterocycles. The van der Waals surface area contributed by atoms with Gasteiger partial charge in [0.15, 0.2) is 0 Å². The first-order chi connectivity index (χ1) is 6.38. The Morgan fingerprint density at radius 3 is 2.62 bits per heavy atom. The van der Waals surface area contributed by atoms with Crippen molar-refractivity contribution in [2.75, 3.05) is 0 Å². The molecular formula is C12H11N. The zero-order chi connectivity index (χ0) is 9.52. The molecule has 0 aromatic heterocycles. The summed E-state index contributed by atoms with van der Waals surface area (Å²) in [7, 11) is 0. The summed E-state index contributed by atoms with van der Waals surface area (Å²) in [5.41, 5.74) is 3.73. The van der Waals surface area contributed by atoms with Crippen molar-refractivity contribution in [3.05, 3.63) is 54.3 Å². The van der Waals surface area contributed by atoms with Crippen molar-refractivity contribution < 1.29 is 0 Å². The Labute approximate surface area is 78.6 Å². The van der Waals surface area contributed by atoms with E-state index in [1.807, 2.05) is 30.3 Å². The van der Waals surface area contributed by atoms with Crippen LogP contribution in [0, 0.1) is 11.3 Å². The molecule has 0 aliphatic carbocycles. The van der Waals surface area contributed by atoms with Crippen molar-refractivity contribution >= 4 is 0 Å². The van der Waals surface area contributed by atoms with E-state index in [4.69, 9.17) is 5.26 Å². The maximum Gasteiger partial charge on any atom is 0.0753 e. The van der Waals surface area contributed by atoms with E-state index in [0.29, 0.717) is 6.42 Å². The van der Waals surface area contributed by atoms with Crippen molar-refractivity contribution in [1.82, 2.24) is 0 Å². The third kappa shape index (κ3) is 2.63. The van der Waals surface area contributed by atoms with Gasteiger partial charge >= 0.3 is 0 Å². The molecule has 1 nitrogen and oxygen atoms in total. The van der Waals surface area contributed by atoms with Gasteiger partial charge in [0.05, 0.1) is 12.0 Å². The molecule has 0 heterocycles. The lowest BCUT2D eigenvalue weighted by Gasteiger charge is -2.04. The zero-order valence-corrected chi connectivity index (χ0v) is 7.40. The Balaban J connectivity index is 2.80. The molecule has 13 heavy (non-hydrogen) atoms. The molecule has 64 valence electrons. The molecule has 0 bridgehead atoms. The molecule has 0 fully saturated rings. The molecule has 1 unspecified atom stereocenters. The maximum atomic E-state index is 8.89. The molecule has 1 rings (SSSR count). The van der Waals surface area contributed by atoms with Crippen LogP contribution in [0.2, 0.25) is 0 Å². The van der Waals surface area contributed by atoms with Gasteiger partial charge < -0.3 is 0 Å². The number of nitriles is 1. The topological polar surface area (TPSA) is 23.8 Å². The monoisotopic (exact) mass is 169 g/mol. The van der Waals surface area contributed by atoms with Crippen LogP contribution in [0.25, 0.3) is 0 Å². The van der Waals surface area contributed by atoms with Gasteiger partial charge in [0.1, 0.15) is 0 Å². The predicted molar refractivity (Wildman–Crippen MR) is 53.1 cm³/mol. The van der Waals surface area contributed by atoms with E-state index in [0.717, 1.165) is 5.56 Å². The normalized spacial score (nSPS) is 11.0.